The molecule has 1 N–H and O–H groups in total. The molecule has 0 amide bonds. The summed E-state index contributed by atoms with van der Waals surface area (Å²) in [6.07, 6.45) is 2.24. The van der Waals surface area contributed by atoms with Crippen molar-refractivity contribution in [2.45, 2.75) is 66.4 Å². The van der Waals surface area contributed by atoms with Crippen molar-refractivity contribution < 1.29 is 28.6 Å². The van der Waals surface area contributed by atoms with E-state index >= 15 is 0 Å². The highest BCUT2D eigenvalue weighted by Gasteiger charge is 2.32. The highest BCUT2D eigenvalue weighted by Crippen LogP contribution is 2.42. The van der Waals surface area contributed by atoms with Gasteiger partial charge >= 0.3 is 11.9 Å². The van der Waals surface area contributed by atoms with Crippen LogP contribution in [0.5, 0.6) is 5.75 Å². The fourth-order valence-corrected chi connectivity index (χ4v) is 5.15. The topological polar surface area (TPSA) is 89.0 Å². The van der Waals surface area contributed by atoms with Crippen LogP contribution >= 0.6 is 0 Å². The minimum atomic E-state index is -1.13. The Hall–Kier alpha value is -3.94. The van der Waals surface area contributed by atoms with Crippen molar-refractivity contribution in [1.82, 2.24) is 4.98 Å². The minimum Gasteiger partial charge on any atom is -0.493 e. The van der Waals surface area contributed by atoms with E-state index in [-0.39, 0.29) is 35.4 Å². The number of nitrogens with zero attached hydrogens (tertiary/aromatic N) is 2. The van der Waals surface area contributed by atoms with Crippen LogP contribution in [0.15, 0.2) is 48.5 Å². The smallest absolute Gasteiger partial charge is 0.355 e. The Labute approximate surface area is 241 Å². The predicted octanol–water partition coefficient (Wildman–Crippen LogP) is 6.64. The van der Waals surface area contributed by atoms with E-state index < -0.39 is 5.97 Å². The number of hydrogen-bond donors (Lipinski definition) is 1. The van der Waals surface area contributed by atoms with Crippen molar-refractivity contribution in [2.75, 3.05) is 24.6 Å². The van der Waals surface area contributed by atoms with Gasteiger partial charge in [0.25, 0.3) is 0 Å². The van der Waals surface area contributed by atoms with E-state index in [1.54, 1.807) is 45.0 Å². The van der Waals surface area contributed by atoms with Gasteiger partial charge in [-0.25, -0.2) is 14.2 Å². The molecule has 1 aromatic heterocycles. The van der Waals surface area contributed by atoms with E-state index in [4.69, 9.17) is 9.47 Å². The summed E-state index contributed by atoms with van der Waals surface area (Å²) < 4.78 is 24.5. The van der Waals surface area contributed by atoms with Gasteiger partial charge in [0.15, 0.2) is 5.69 Å². The molecular weight excluding hydrogens is 523 g/mol. The molecule has 0 spiro atoms. The standard InChI is InChI=1S/C33H39FN2O5/c1-21(2)41-28(37)20-27-22(3)35-30(32(38)39)29(31(27)36-17-15-33(4,5)16-18-36)24-8-12-26(13-9-24)40-19-14-23-6-10-25(34)11-7-23/h6-13,21H,14-20H2,1-5H3,(H,38,39). The monoisotopic (exact) mass is 562 g/mol. The van der Waals surface area contributed by atoms with Crippen LogP contribution in [0.2, 0.25) is 0 Å². The van der Waals surface area contributed by atoms with Gasteiger partial charge in [-0.1, -0.05) is 38.1 Å². The first kappa shape index (κ1) is 30.0. The van der Waals surface area contributed by atoms with Crippen LogP contribution < -0.4 is 9.64 Å². The Kier molecular flexibility index (Phi) is 9.31. The molecule has 1 aliphatic rings. The molecule has 0 saturated carbocycles. The normalized spacial score (nSPS) is 14.7. The molecular formula is C33H39FN2O5. The maximum absolute atomic E-state index is 13.2. The number of pyridine rings is 1. The van der Waals surface area contributed by atoms with Crippen LogP contribution in [0.1, 0.15) is 67.8 Å². The number of benzene rings is 2. The van der Waals surface area contributed by atoms with Gasteiger partial charge < -0.3 is 19.5 Å². The van der Waals surface area contributed by atoms with Gasteiger partial charge in [0.1, 0.15) is 11.6 Å². The molecule has 3 aromatic rings. The molecule has 2 heterocycles. The number of anilines is 1. The van der Waals surface area contributed by atoms with Crippen molar-refractivity contribution in [1.29, 1.82) is 0 Å². The zero-order chi connectivity index (χ0) is 29.7. The quantitative estimate of drug-likeness (QED) is 0.277. The molecule has 0 atom stereocenters. The van der Waals surface area contributed by atoms with Crippen molar-refractivity contribution in [3.63, 3.8) is 0 Å². The zero-order valence-corrected chi connectivity index (χ0v) is 24.5. The van der Waals surface area contributed by atoms with Crippen LogP contribution in [0.25, 0.3) is 11.1 Å². The van der Waals surface area contributed by atoms with Gasteiger partial charge in [0, 0.05) is 36.3 Å². The Balaban J connectivity index is 1.70. The first-order valence-electron chi connectivity index (χ1n) is 14.1. The molecule has 8 heteroatoms. The SMILES string of the molecule is Cc1nc(C(=O)O)c(-c2ccc(OCCc3ccc(F)cc3)cc2)c(N2CCC(C)(C)CC2)c1CC(=O)OC(C)C. The second-order valence-corrected chi connectivity index (χ2v) is 11.7. The van der Waals surface area contributed by atoms with Gasteiger partial charge in [-0.2, -0.15) is 0 Å². The van der Waals surface area contributed by atoms with Crippen molar-refractivity contribution in [3.05, 3.63) is 76.9 Å². The van der Waals surface area contributed by atoms with Crippen molar-refractivity contribution >= 4 is 17.6 Å². The molecule has 2 aromatic carbocycles. The molecule has 1 saturated heterocycles. The summed E-state index contributed by atoms with van der Waals surface area (Å²) in [5.41, 5.74) is 4.20. The van der Waals surface area contributed by atoms with E-state index in [0.29, 0.717) is 41.2 Å². The van der Waals surface area contributed by atoms with Crippen molar-refractivity contribution in [2.24, 2.45) is 5.41 Å². The Morgan fingerprint density at radius 3 is 2.27 bits per heavy atom. The minimum absolute atomic E-state index is 0.00369. The van der Waals surface area contributed by atoms with E-state index in [0.717, 1.165) is 37.2 Å². The number of aromatic nitrogens is 1. The first-order chi connectivity index (χ1) is 19.4. The number of aromatic carboxylic acids is 1. The Bertz CT molecular complexity index is 1370. The number of esters is 1. The maximum atomic E-state index is 13.2. The zero-order valence-electron chi connectivity index (χ0n) is 24.5. The fourth-order valence-electron chi connectivity index (χ4n) is 5.15. The van der Waals surface area contributed by atoms with E-state index in [9.17, 15) is 19.1 Å². The summed E-state index contributed by atoms with van der Waals surface area (Å²) >= 11 is 0. The van der Waals surface area contributed by atoms with Crippen LogP contribution in [0.3, 0.4) is 0 Å². The Morgan fingerprint density at radius 2 is 1.68 bits per heavy atom. The molecule has 4 rings (SSSR count). The number of aryl methyl sites for hydroxylation is 1. The number of carbonyl (C=O) groups excluding carboxylic acids is 1. The summed E-state index contributed by atoms with van der Waals surface area (Å²) in [5, 5.41) is 10.2. The molecule has 1 aliphatic heterocycles. The average Bonchev–Trinajstić information content (AvgIpc) is 2.91. The van der Waals surface area contributed by atoms with Crippen LogP contribution in [-0.4, -0.2) is 47.8 Å². The van der Waals surface area contributed by atoms with E-state index in [1.165, 1.54) is 12.1 Å². The van der Waals surface area contributed by atoms with Gasteiger partial charge in [-0.05, 0) is 74.4 Å². The van der Waals surface area contributed by atoms with E-state index in [2.05, 4.69) is 23.7 Å². The first-order valence-corrected chi connectivity index (χ1v) is 14.1. The third kappa shape index (κ3) is 7.63. The molecule has 218 valence electrons. The molecule has 0 unspecified atom stereocenters. The average molecular weight is 563 g/mol. The lowest BCUT2D eigenvalue weighted by molar-refractivity contribution is -0.146. The van der Waals surface area contributed by atoms with Gasteiger partial charge in [-0.15, -0.1) is 0 Å². The lowest BCUT2D eigenvalue weighted by Gasteiger charge is -2.40. The fraction of sp³-hybridized carbons (Fsp3) is 0.424. The number of halogens is 1. The van der Waals surface area contributed by atoms with E-state index in [1.807, 2.05) is 12.1 Å². The van der Waals surface area contributed by atoms with Crippen LogP contribution in [-0.2, 0) is 22.4 Å². The molecule has 0 bridgehead atoms. The van der Waals surface area contributed by atoms with Gasteiger partial charge in [-0.3, -0.25) is 4.79 Å². The lowest BCUT2D eigenvalue weighted by Crippen LogP contribution is -2.38. The summed E-state index contributed by atoms with van der Waals surface area (Å²) in [6, 6.07) is 13.6. The van der Waals surface area contributed by atoms with Gasteiger partial charge in [0.05, 0.1) is 24.8 Å². The van der Waals surface area contributed by atoms with Gasteiger partial charge in [0.2, 0.25) is 0 Å². The lowest BCUT2D eigenvalue weighted by atomic mass is 9.82. The number of ether oxygens (including phenoxy) is 2. The van der Waals surface area contributed by atoms with Crippen LogP contribution in [0.4, 0.5) is 10.1 Å². The molecule has 1 fully saturated rings. The number of piperidine rings is 1. The number of carboxylic acid groups (broad SMARTS) is 1. The summed E-state index contributed by atoms with van der Waals surface area (Å²) in [6.45, 7) is 11.7. The molecule has 0 radical (unpaired) electrons. The number of hydrogen-bond acceptors (Lipinski definition) is 6. The Morgan fingerprint density at radius 1 is 1.05 bits per heavy atom. The summed E-state index contributed by atoms with van der Waals surface area (Å²) in [5.74, 6) is -1.14. The third-order valence-corrected chi connectivity index (χ3v) is 7.52. The molecule has 7 nitrogen and oxygen atoms in total. The number of rotatable bonds is 10. The van der Waals surface area contributed by atoms with Crippen LogP contribution in [0, 0.1) is 18.2 Å². The highest BCUT2D eigenvalue weighted by molar-refractivity contribution is 6.00. The van der Waals surface area contributed by atoms with Crippen molar-refractivity contribution in [3.8, 4) is 16.9 Å². The predicted molar refractivity (Wildman–Crippen MR) is 157 cm³/mol. The largest absolute Gasteiger partial charge is 0.493 e. The molecule has 0 aliphatic carbocycles. The number of carboxylic acids is 1. The number of carbonyl (C=O) groups is 2. The molecule has 41 heavy (non-hydrogen) atoms. The highest BCUT2D eigenvalue weighted by atomic mass is 19.1. The second kappa shape index (κ2) is 12.7. The third-order valence-electron chi connectivity index (χ3n) is 7.52. The maximum Gasteiger partial charge on any atom is 0.355 e. The summed E-state index contributed by atoms with van der Waals surface area (Å²) in [7, 11) is 0. The summed E-state index contributed by atoms with van der Waals surface area (Å²) in [4.78, 5) is 32.0. The second-order valence-electron chi connectivity index (χ2n) is 11.7.